The second-order valence-electron chi connectivity index (χ2n) is 6.52. The molecule has 3 N–H and O–H groups in total. The first-order chi connectivity index (χ1) is 9.68. The average Bonchev–Trinajstić information content (AvgIpc) is 2.89. The van der Waals surface area contributed by atoms with Gasteiger partial charge in [-0.3, -0.25) is 0 Å². The number of aliphatic hydroxyl groups is 1. The van der Waals surface area contributed by atoms with Gasteiger partial charge in [0, 0.05) is 17.3 Å². The van der Waals surface area contributed by atoms with E-state index in [4.69, 9.17) is 10.2 Å². The minimum Gasteiger partial charge on any atom is -0.464 e. The Morgan fingerprint density at radius 1 is 1.20 bits per heavy atom. The highest BCUT2D eigenvalue weighted by molar-refractivity contribution is 5.81. The topological polar surface area (TPSA) is 59.4 Å². The van der Waals surface area contributed by atoms with E-state index in [1.54, 1.807) is 6.26 Å². The van der Waals surface area contributed by atoms with E-state index in [9.17, 15) is 5.11 Å². The third kappa shape index (κ3) is 1.42. The van der Waals surface area contributed by atoms with Crippen LogP contribution in [0.4, 0.5) is 0 Å². The molecule has 106 valence electrons. The molecular formula is C17H21NO2. The molecule has 1 saturated carbocycles. The molecule has 4 rings (SSSR count). The molecule has 1 fully saturated rings. The van der Waals surface area contributed by atoms with Crippen LogP contribution in [0.3, 0.4) is 0 Å². The molecule has 2 aromatic rings. The van der Waals surface area contributed by atoms with Crippen molar-refractivity contribution in [3.63, 3.8) is 0 Å². The molecule has 3 heteroatoms. The van der Waals surface area contributed by atoms with Crippen molar-refractivity contribution < 1.29 is 9.52 Å². The molecule has 0 spiro atoms. The fourth-order valence-corrected chi connectivity index (χ4v) is 4.36. The van der Waals surface area contributed by atoms with E-state index in [1.807, 2.05) is 6.07 Å². The van der Waals surface area contributed by atoms with Gasteiger partial charge in [0.25, 0.3) is 0 Å². The zero-order valence-corrected chi connectivity index (χ0v) is 11.7. The van der Waals surface area contributed by atoms with E-state index in [0.717, 1.165) is 43.1 Å². The van der Waals surface area contributed by atoms with Gasteiger partial charge in [0.2, 0.25) is 0 Å². The Hall–Kier alpha value is -1.32. The summed E-state index contributed by atoms with van der Waals surface area (Å²) in [5.41, 5.74) is 8.68. The molecule has 1 aromatic heterocycles. The van der Waals surface area contributed by atoms with Crippen LogP contribution in [0.25, 0.3) is 11.0 Å². The van der Waals surface area contributed by atoms with Crippen molar-refractivity contribution in [2.75, 3.05) is 6.54 Å². The highest BCUT2D eigenvalue weighted by Crippen LogP contribution is 2.53. The molecule has 2 aliphatic carbocycles. The molecule has 0 aliphatic heterocycles. The van der Waals surface area contributed by atoms with Crippen molar-refractivity contribution in [1.29, 1.82) is 0 Å². The van der Waals surface area contributed by atoms with Crippen LogP contribution < -0.4 is 5.73 Å². The maximum atomic E-state index is 11.2. The van der Waals surface area contributed by atoms with E-state index in [-0.39, 0.29) is 5.41 Å². The smallest absolute Gasteiger partial charge is 0.134 e. The van der Waals surface area contributed by atoms with Crippen LogP contribution in [0, 0.1) is 0 Å². The van der Waals surface area contributed by atoms with Gasteiger partial charge >= 0.3 is 0 Å². The van der Waals surface area contributed by atoms with E-state index in [2.05, 4.69) is 12.1 Å². The Morgan fingerprint density at radius 3 is 2.75 bits per heavy atom. The maximum absolute atomic E-state index is 11.2. The number of hydrogen-bond acceptors (Lipinski definition) is 3. The van der Waals surface area contributed by atoms with E-state index in [0.29, 0.717) is 6.54 Å². The highest BCUT2D eigenvalue weighted by atomic mass is 16.3. The first kappa shape index (κ1) is 12.4. The molecule has 2 aliphatic rings. The second kappa shape index (κ2) is 4.09. The van der Waals surface area contributed by atoms with Crippen LogP contribution in [0.5, 0.6) is 0 Å². The summed E-state index contributed by atoms with van der Waals surface area (Å²) in [6, 6.07) is 6.29. The molecule has 1 aromatic carbocycles. The third-order valence-corrected chi connectivity index (χ3v) is 5.61. The molecule has 1 unspecified atom stereocenters. The molecule has 1 heterocycles. The standard InChI is InChI=1S/C17H21NO2/c18-11-16(17(19)5-2-1-3-6-17)10-13-8-12-4-7-20-15(12)9-14(13)16/h4,7-9,19H,1-3,5-6,10-11,18H2. The number of fused-ring (bicyclic) bond motifs is 2. The summed E-state index contributed by atoms with van der Waals surface area (Å²) in [4.78, 5) is 0. The summed E-state index contributed by atoms with van der Waals surface area (Å²) in [5, 5.41) is 12.3. The molecule has 1 atom stereocenters. The van der Waals surface area contributed by atoms with Crippen molar-refractivity contribution in [3.05, 3.63) is 35.6 Å². The Bertz CT molecular complexity index is 654. The SMILES string of the molecule is NCC1(C2(O)CCCCC2)Cc2cc3ccoc3cc21. The Morgan fingerprint density at radius 2 is 2.00 bits per heavy atom. The lowest BCUT2D eigenvalue weighted by molar-refractivity contribution is -0.0755. The quantitative estimate of drug-likeness (QED) is 0.883. The number of rotatable bonds is 2. The van der Waals surface area contributed by atoms with Crippen molar-refractivity contribution >= 4 is 11.0 Å². The Balaban J connectivity index is 1.83. The van der Waals surface area contributed by atoms with Gasteiger partial charge in [-0.05, 0) is 48.6 Å². The lowest BCUT2D eigenvalue weighted by Gasteiger charge is -2.55. The summed E-state index contributed by atoms with van der Waals surface area (Å²) in [7, 11) is 0. The van der Waals surface area contributed by atoms with Crippen LogP contribution >= 0.6 is 0 Å². The van der Waals surface area contributed by atoms with Crippen molar-refractivity contribution in [3.8, 4) is 0 Å². The van der Waals surface area contributed by atoms with E-state index < -0.39 is 5.60 Å². The zero-order valence-electron chi connectivity index (χ0n) is 11.7. The van der Waals surface area contributed by atoms with Gasteiger partial charge in [-0.2, -0.15) is 0 Å². The van der Waals surface area contributed by atoms with Gasteiger partial charge in [-0.1, -0.05) is 19.3 Å². The summed E-state index contributed by atoms with van der Waals surface area (Å²) in [5.74, 6) is 0. The molecule has 0 saturated heterocycles. The van der Waals surface area contributed by atoms with Crippen LogP contribution in [-0.2, 0) is 11.8 Å². The molecule has 0 amide bonds. The van der Waals surface area contributed by atoms with Crippen molar-refractivity contribution in [2.24, 2.45) is 5.73 Å². The predicted octanol–water partition coefficient (Wildman–Crippen LogP) is 2.88. The average molecular weight is 271 g/mol. The summed E-state index contributed by atoms with van der Waals surface area (Å²) in [6.45, 7) is 0.517. The van der Waals surface area contributed by atoms with Gasteiger partial charge in [0.1, 0.15) is 5.58 Å². The molecule has 0 radical (unpaired) electrons. The first-order valence-corrected chi connectivity index (χ1v) is 7.62. The van der Waals surface area contributed by atoms with Crippen LogP contribution in [-0.4, -0.2) is 17.3 Å². The molecule has 20 heavy (non-hydrogen) atoms. The molecule has 3 nitrogen and oxygen atoms in total. The first-order valence-electron chi connectivity index (χ1n) is 7.62. The van der Waals surface area contributed by atoms with Gasteiger partial charge in [0.15, 0.2) is 0 Å². The van der Waals surface area contributed by atoms with E-state index >= 15 is 0 Å². The fourth-order valence-electron chi connectivity index (χ4n) is 4.36. The minimum absolute atomic E-state index is 0.260. The van der Waals surface area contributed by atoms with Gasteiger partial charge in [0.05, 0.1) is 11.9 Å². The van der Waals surface area contributed by atoms with Crippen LogP contribution in [0.1, 0.15) is 43.2 Å². The molecule has 0 bridgehead atoms. The summed E-state index contributed by atoms with van der Waals surface area (Å²) in [6.07, 6.45) is 7.82. The number of hydrogen-bond donors (Lipinski definition) is 2. The zero-order chi connectivity index (χ0) is 13.8. The fraction of sp³-hybridized carbons (Fsp3) is 0.529. The van der Waals surface area contributed by atoms with E-state index in [1.165, 1.54) is 17.5 Å². The van der Waals surface area contributed by atoms with Crippen molar-refractivity contribution in [1.82, 2.24) is 0 Å². The summed E-state index contributed by atoms with van der Waals surface area (Å²) >= 11 is 0. The lowest BCUT2D eigenvalue weighted by Crippen LogP contribution is -2.62. The monoisotopic (exact) mass is 271 g/mol. The normalized spacial score (nSPS) is 28.1. The summed E-state index contributed by atoms with van der Waals surface area (Å²) < 4.78 is 5.52. The predicted molar refractivity (Wildman–Crippen MR) is 78.7 cm³/mol. The van der Waals surface area contributed by atoms with Gasteiger partial charge in [-0.25, -0.2) is 0 Å². The van der Waals surface area contributed by atoms with Gasteiger partial charge in [-0.15, -0.1) is 0 Å². The number of furan rings is 1. The third-order valence-electron chi connectivity index (χ3n) is 5.61. The number of benzene rings is 1. The number of nitrogens with two attached hydrogens (primary N) is 1. The Kier molecular flexibility index (Phi) is 2.54. The lowest BCUT2D eigenvalue weighted by atomic mass is 9.52. The van der Waals surface area contributed by atoms with Crippen molar-refractivity contribution in [2.45, 2.75) is 49.5 Å². The van der Waals surface area contributed by atoms with Crippen LogP contribution in [0.15, 0.2) is 28.9 Å². The van der Waals surface area contributed by atoms with Gasteiger partial charge < -0.3 is 15.3 Å². The minimum atomic E-state index is -0.632. The van der Waals surface area contributed by atoms with Crippen LogP contribution in [0.2, 0.25) is 0 Å². The Labute approximate surface area is 118 Å². The second-order valence-corrected chi connectivity index (χ2v) is 6.52. The highest BCUT2D eigenvalue weighted by Gasteiger charge is 2.56. The maximum Gasteiger partial charge on any atom is 0.134 e. The largest absolute Gasteiger partial charge is 0.464 e. The molecular weight excluding hydrogens is 250 g/mol.